The maximum atomic E-state index is 14.2. The van der Waals surface area contributed by atoms with Crippen molar-refractivity contribution in [2.24, 2.45) is 5.92 Å². The van der Waals surface area contributed by atoms with Crippen LogP contribution in [0, 0.1) is 5.92 Å². The lowest BCUT2D eigenvalue weighted by Crippen LogP contribution is -2.37. The second-order valence-electron chi connectivity index (χ2n) is 9.55. The van der Waals surface area contributed by atoms with Gasteiger partial charge >= 0.3 is 13.7 Å². The molecule has 1 aliphatic rings. The molecule has 4 N–H and O–H groups in total. The smallest absolute Gasteiger partial charge is 0.459 e. The van der Waals surface area contributed by atoms with Crippen LogP contribution in [0.1, 0.15) is 33.9 Å². The first kappa shape index (κ1) is 30.6. The lowest BCUT2D eigenvalue weighted by Gasteiger charge is -2.25. The third-order valence-corrected chi connectivity index (χ3v) is 7.74. The molecular formula is C25H34FN6O8P. The Hall–Kier alpha value is -3.36. The zero-order chi connectivity index (χ0) is 29.7. The number of aliphatic hydroxyl groups excluding tert-OH is 1. The molecule has 0 spiro atoms. The lowest BCUT2D eigenvalue weighted by atomic mass is 10.00. The summed E-state index contributed by atoms with van der Waals surface area (Å²) in [6.45, 7) is 5.44. The summed E-state index contributed by atoms with van der Waals surface area (Å²) in [6, 6.07) is 7.11. The summed E-state index contributed by atoms with van der Waals surface area (Å²) in [4.78, 5) is 24.9. The highest BCUT2D eigenvalue weighted by Crippen LogP contribution is 2.47. The monoisotopic (exact) mass is 596 g/mol. The highest BCUT2D eigenvalue weighted by Gasteiger charge is 2.47. The topological polar surface area (TPSA) is 182 Å². The van der Waals surface area contributed by atoms with Crippen molar-refractivity contribution < 1.29 is 42.1 Å². The van der Waals surface area contributed by atoms with Gasteiger partial charge in [0, 0.05) is 5.92 Å². The summed E-state index contributed by atoms with van der Waals surface area (Å²) in [6.07, 6.45) is -2.63. The number of halogens is 1. The largest absolute Gasteiger partial charge is 0.476 e. The van der Waals surface area contributed by atoms with E-state index in [0.717, 1.165) is 0 Å². The minimum absolute atomic E-state index is 0.0905. The van der Waals surface area contributed by atoms with Crippen molar-refractivity contribution in [2.45, 2.75) is 58.3 Å². The molecule has 41 heavy (non-hydrogen) atoms. The van der Waals surface area contributed by atoms with E-state index >= 15 is 0 Å². The van der Waals surface area contributed by atoms with Crippen molar-refractivity contribution in [3.63, 3.8) is 0 Å². The van der Waals surface area contributed by atoms with Gasteiger partial charge in [-0.2, -0.15) is 15.1 Å². The highest BCUT2D eigenvalue weighted by atomic mass is 31.2. The molecule has 1 aromatic carbocycles. The van der Waals surface area contributed by atoms with Gasteiger partial charge in [0.05, 0.1) is 38.4 Å². The number of ether oxygens (including phenoxy) is 3. The zero-order valence-corrected chi connectivity index (χ0v) is 23.9. The average Bonchev–Trinajstić information content (AvgIpc) is 3.47. The average molecular weight is 597 g/mol. The summed E-state index contributed by atoms with van der Waals surface area (Å²) in [5.74, 6) is -1.48. The zero-order valence-electron chi connectivity index (χ0n) is 23.0. The summed E-state index contributed by atoms with van der Waals surface area (Å²) < 4.78 is 57.3. The van der Waals surface area contributed by atoms with Crippen LogP contribution in [0.2, 0.25) is 0 Å². The van der Waals surface area contributed by atoms with Gasteiger partial charge in [0.15, 0.2) is 17.4 Å². The van der Waals surface area contributed by atoms with Crippen LogP contribution in [0.5, 0.6) is 11.6 Å². The minimum Gasteiger partial charge on any atom is -0.476 e. The first-order chi connectivity index (χ1) is 19.5. The van der Waals surface area contributed by atoms with Crippen LogP contribution in [0.25, 0.3) is 11.2 Å². The van der Waals surface area contributed by atoms with E-state index in [4.69, 9.17) is 29.0 Å². The number of imidazole rings is 1. The molecule has 6 atom stereocenters. The van der Waals surface area contributed by atoms with Gasteiger partial charge in [0.1, 0.15) is 17.9 Å². The van der Waals surface area contributed by atoms with Crippen molar-refractivity contribution in [3.05, 3.63) is 36.7 Å². The van der Waals surface area contributed by atoms with E-state index < -0.39 is 63.5 Å². The Bertz CT molecular complexity index is 1380. The fraction of sp³-hybridized carbons (Fsp3) is 0.520. The number of nitrogens with two attached hydrogens (primary N) is 1. The van der Waals surface area contributed by atoms with Crippen LogP contribution < -0.4 is 20.1 Å². The number of nitrogens with one attached hydrogen (secondary N) is 1. The Kier molecular flexibility index (Phi) is 9.76. The Morgan fingerprint density at radius 2 is 2.00 bits per heavy atom. The SMILES string of the molecule is CCOc1nc(N)nc2c1ncn2[C@@H]1O[C@H](CO[P@@](=O)(N[C@H](C)C(=O)OC(C)C)Oc2ccccc2)[C@@H](CF)[C@H]1O. The van der Waals surface area contributed by atoms with Gasteiger partial charge in [0.2, 0.25) is 11.8 Å². The minimum atomic E-state index is -4.25. The molecule has 0 aliphatic carbocycles. The number of aliphatic hydroxyl groups is 1. The maximum absolute atomic E-state index is 14.2. The Balaban J connectivity index is 1.55. The van der Waals surface area contributed by atoms with E-state index in [1.807, 2.05) is 0 Å². The number of hydrogen-bond acceptors (Lipinski definition) is 12. The number of nitrogens with zero attached hydrogens (tertiary/aromatic N) is 4. The second kappa shape index (κ2) is 13.1. The quantitative estimate of drug-likeness (QED) is 0.194. The number of para-hydroxylation sites is 1. The van der Waals surface area contributed by atoms with Crippen LogP contribution in [0.4, 0.5) is 10.3 Å². The molecule has 14 nitrogen and oxygen atoms in total. The van der Waals surface area contributed by atoms with Crippen LogP contribution in [-0.4, -0.2) is 74.8 Å². The molecule has 224 valence electrons. The number of esters is 1. The number of rotatable bonds is 13. The molecule has 1 aliphatic heterocycles. The van der Waals surface area contributed by atoms with Gasteiger partial charge in [0.25, 0.3) is 0 Å². The number of carbonyl (C=O) groups excluding carboxylic acids is 1. The van der Waals surface area contributed by atoms with Gasteiger partial charge in [-0.15, -0.1) is 0 Å². The van der Waals surface area contributed by atoms with E-state index in [9.17, 15) is 18.9 Å². The number of hydrogen-bond donors (Lipinski definition) is 3. The summed E-state index contributed by atoms with van der Waals surface area (Å²) in [5, 5.41) is 13.6. The molecule has 2 aromatic heterocycles. The molecule has 0 amide bonds. The predicted octanol–water partition coefficient (Wildman–Crippen LogP) is 2.78. The second-order valence-corrected chi connectivity index (χ2v) is 11.2. The molecule has 4 rings (SSSR count). The third-order valence-electron chi connectivity index (χ3n) is 6.10. The van der Waals surface area contributed by atoms with E-state index in [2.05, 4.69) is 20.0 Å². The number of aromatic nitrogens is 4. The summed E-state index contributed by atoms with van der Waals surface area (Å²) in [5.41, 5.74) is 6.32. The van der Waals surface area contributed by atoms with E-state index in [1.165, 1.54) is 17.8 Å². The lowest BCUT2D eigenvalue weighted by molar-refractivity contribution is -0.149. The number of carbonyl (C=O) groups is 1. The van der Waals surface area contributed by atoms with E-state index in [0.29, 0.717) is 6.61 Å². The Morgan fingerprint density at radius 1 is 1.27 bits per heavy atom. The molecule has 1 fully saturated rings. The molecule has 0 saturated carbocycles. The normalized spacial score (nSPS) is 22.9. The molecule has 0 unspecified atom stereocenters. The number of benzene rings is 1. The number of fused-ring (bicyclic) bond motifs is 1. The molecule has 16 heteroatoms. The van der Waals surface area contributed by atoms with Crippen molar-refractivity contribution in [1.82, 2.24) is 24.6 Å². The van der Waals surface area contributed by atoms with Crippen molar-refractivity contribution in [2.75, 3.05) is 25.6 Å². The van der Waals surface area contributed by atoms with Crippen molar-refractivity contribution in [3.8, 4) is 11.6 Å². The van der Waals surface area contributed by atoms with Crippen LogP contribution >= 0.6 is 7.75 Å². The number of alkyl halides is 1. The van der Waals surface area contributed by atoms with Gasteiger partial charge in [-0.3, -0.25) is 18.3 Å². The molecule has 3 aromatic rings. The Labute approximate surface area is 235 Å². The van der Waals surface area contributed by atoms with Crippen LogP contribution in [0.15, 0.2) is 36.7 Å². The molecular weight excluding hydrogens is 562 g/mol. The fourth-order valence-electron chi connectivity index (χ4n) is 4.21. The Morgan fingerprint density at radius 3 is 2.66 bits per heavy atom. The molecule has 3 heterocycles. The van der Waals surface area contributed by atoms with Gasteiger partial charge in [-0.25, -0.2) is 9.55 Å². The molecule has 1 saturated heterocycles. The first-order valence-corrected chi connectivity index (χ1v) is 14.6. The molecule has 0 radical (unpaired) electrons. The highest BCUT2D eigenvalue weighted by molar-refractivity contribution is 7.52. The first-order valence-electron chi connectivity index (χ1n) is 13.0. The number of anilines is 1. The van der Waals surface area contributed by atoms with Gasteiger partial charge < -0.3 is 29.6 Å². The van der Waals surface area contributed by atoms with Crippen molar-refractivity contribution >= 4 is 30.8 Å². The van der Waals surface area contributed by atoms with E-state index in [1.54, 1.807) is 51.1 Å². The van der Waals surface area contributed by atoms with Gasteiger partial charge in [-0.05, 0) is 39.8 Å². The van der Waals surface area contributed by atoms with E-state index in [-0.39, 0.29) is 28.7 Å². The van der Waals surface area contributed by atoms with Crippen LogP contribution in [0.3, 0.4) is 0 Å². The molecule has 0 bridgehead atoms. The van der Waals surface area contributed by atoms with Crippen LogP contribution in [-0.2, 0) is 23.4 Å². The fourth-order valence-corrected chi connectivity index (χ4v) is 5.71. The van der Waals surface area contributed by atoms with Gasteiger partial charge in [-0.1, -0.05) is 18.2 Å². The standard InChI is InChI=1S/C25H34FN6O8P/c1-5-36-22-19-21(29-25(27)30-22)32(13-28-19)23-20(33)17(11-26)18(39-23)12-37-41(35,40-16-9-7-6-8-10-16)31-15(4)24(34)38-14(2)3/h6-10,13-15,17-18,20,23,33H,5,11-12H2,1-4H3,(H,31,35)(H2,27,29,30)/t15-,17-,18-,20-,23-,41+/m1/s1. The summed E-state index contributed by atoms with van der Waals surface area (Å²) >= 11 is 0. The van der Waals surface area contributed by atoms with Crippen molar-refractivity contribution in [1.29, 1.82) is 0 Å². The maximum Gasteiger partial charge on any atom is 0.459 e. The number of nitrogen functional groups attached to an aromatic ring is 1. The predicted molar refractivity (Wildman–Crippen MR) is 145 cm³/mol. The summed E-state index contributed by atoms with van der Waals surface area (Å²) in [7, 11) is -4.25. The third kappa shape index (κ3) is 7.11.